The average molecular weight is 338 g/mol. The number of thiophene rings is 1. The van der Waals surface area contributed by atoms with E-state index in [1.807, 2.05) is 7.05 Å². The molecule has 0 spiro atoms. The zero-order valence-corrected chi connectivity index (χ0v) is 13.0. The summed E-state index contributed by atoms with van der Waals surface area (Å²) in [6.45, 7) is 2.06. The third-order valence-corrected chi connectivity index (χ3v) is 5.89. The fraction of sp³-hybridized carbons (Fsp3) is 0.692. The maximum Gasteiger partial charge on any atom is 0.248 e. The van der Waals surface area contributed by atoms with E-state index in [0.29, 0.717) is 6.42 Å². The van der Waals surface area contributed by atoms with Crippen LogP contribution in [0.5, 0.6) is 0 Å². The average Bonchev–Trinajstić information content (AvgIpc) is 2.79. The van der Waals surface area contributed by atoms with E-state index in [1.54, 1.807) is 11.3 Å². The van der Waals surface area contributed by atoms with Crippen molar-refractivity contribution < 1.29 is 8.78 Å². The summed E-state index contributed by atoms with van der Waals surface area (Å²) >= 11 is 5.21. The van der Waals surface area contributed by atoms with Gasteiger partial charge in [-0.05, 0) is 60.3 Å². The molecule has 0 aromatic carbocycles. The van der Waals surface area contributed by atoms with Crippen LogP contribution in [-0.4, -0.2) is 13.0 Å². The molecule has 0 bridgehead atoms. The highest BCUT2D eigenvalue weighted by Gasteiger charge is 2.40. The molecule has 1 nitrogen and oxygen atoms in total. The van der Waals surface area contributed by atoms with Crippen molar-refractivity contribution in [1.82, 2.24) is 5.32 Å². The fourth-order valence-corrected chi connectivity index (χ4v) is 4.30. The summed E-state index contributed by atoms with van der Waals surface area (Å²) in [5.74, 6) is -2.30. The largest absolute Gasteiger partial charge is 0.312 e. The monoisotopic (exact) mass is 337 g/mol. The van der Waals surface area contributed by atoms with E-state index in [4.69, 9.17) is 0 Å². The fourth-order valence-electron chi connectivity index (χ4n) is 2.61. The molecule has 1 aliphatic carbocycles. The lowest BCUT2D eigenvalue weighted by Crippen LogP contribution is -2.19. The van der Waals surface area contributed by atoms with Crippen molar-refractivity contribution in [1.29, 1.82) is 0 Å². The zero-order chi connectivity index (χ0) is 13.3. The van der Waals surface area contributed by atoms with Gasteiger partial charge in [0.2, 0.25) is 5.92 Å². The van der Waals surface area contributed by atoms with Gasteiger partial charge in [-0.15, -0.1) is 11.3 Å². The van der Waals surface area contributed by atoms with E-state index in [9.17, 15) is 8.78 Å². The van der Waals surface area contributed by atoms with E-state index < -0.39 is 5.92 Å². The van der Waals surface area contributed by atoms with Crippen LogP contribution >= 0.6 is 27.3 Å². The molecule has 1 aromatic rings. The summed E-state index contributed by atoms with van der Waals surface area (Å²) in [6.07, 6.45) is 1.56. The molecule has 2 unspecified atom stereocenters. The first-order chi connectivity index (χ1) is 8.41. The lowest BCUT2D eigenvalue weighted by atomic mass is 9.97. The van der Waals surface area contributed by atoms with Gasteiger partial charge in [-0.3, -0.25) is 0 Å². The van der Waals surface area contributed by atoms with E-state index >= 15 is 0 Å². The van der Waals surface area contributed by atoms with Crippen molar-refractivity contribution in [2.75, 3.05) is 7.05 Å². The first-order valence-electron chi connectivity index (χ1n) is 6.22. The maximum atomic E-state index is 13.2. The molecule has 18 heavy (non-hydrogen) atoms. The number of aryl methyl sites for hydroxylation is 1. The Kier molecular flexibility index (Phi) is 4.44. The second kappa shape index (κ2) is 5.55. The van der Waals surface area contributed by atoms with Gasteiger partial charge in [0.1, 0.15) is 0 Å². The van der Waals surface area contributed by atoms with Crippen molar-refractivity contribution in [3.63, 3.8) is 0 Å². The Labute approximate surface area is 119 Å². The zero-order valence-electron chi connectivity index (χ0n) is 10.6. The summed E-state index contributed by atoms with van der Waals surface area (Å²) in [4.78, 5) is 1.23. The number of hydrogen-bond acceptors (Lipinski definition) is 2. The predicted molar refractivity (Wildman–Crippen MR) is 75.5 cm³/mol. The molecule has 2 atom stereocenters. The molecule has 0 aliphatic heterocycles. The number of rotatable bonds is 4. The van der Waals surface area contributed by atoms with Crippen LogP contribution in [0.4, 0.5) is 8.78 Å². The van der Waals surface area contributed by atoms with Crippen molar-refractivity contribution in [2.24, 2.45) is 5.92 Å². The summed E-state index contributed by atoms with van der Waals surface area (Å²) in [5, 5.41) is 3.26. The Morgan fingerprint density at radius 3 is 2.78 bits per heavy atom. The van der Waals surface area contributed by atoms with Crippen LogP contribution in [0, 0.1) is 12.8 Å². The molecule has 1 aliphatic rings. The highest BCUT2D eigenvalue weighted by atomic mass is 79.9. The summed E-state index contributed by atoms with van der Waals surface area (Å²) in [7, 11) is 1.90. The van der Waals surface area contributed by atoms with E-state index in [-0.39, 0.29) is 24.8 Å². The standard InChI is InChI=1S/C13H18BrF2NS/c1-8-5-11(18-12(8)14)10(17-2)6-9-3-4-13(15,16)7-9/h5,9-10,17H,3-4,6-7H2,1-2H3. The van der Waals surface area contributed by atoms with Crippen LogP contribution in [-0.2, 0) is 0 Å². The maximum absolute atomic E-state index is 13.2. The van der Waals surface area contributed by atoms with Gasteiger partial charge >= 0.3 is 0 Å². The normalized spacial score (nSPS) is 24.4. The minimum absolute atomic E-state index is 0.0523. The molecule has 5 heteroatoms. The minimum Gasteiger partial charge on any atom is -0.312 e. The summed E-state index contributed by atoms with van der Waals surface area (Å²) in [5.41, 5.74) is 1.21. The van der Waals surface area contributed by atoms with Gasteiger partial charge in [0.15, 0.2) is 0 Å². The van der Waals surface area contributed by atoms with E-state index in [0.717, 1.165) is 10.2 Å². The molecule has 0 radical (unpaired) electrons. The Bertz CT molecular complexity index is 400. The Balaban J connectivity index is 2.02. The quantitative estimate of drug-likeness (QED) is 0.823. The smallest absolute Gasteiger partial charge is 0.248 e. The van der Waals surface area contributed by atoms with Gasteiger partial charge in [-0.25, -0.2) is 8.78 Å². The molecule has 2 rings (SSSR count). The third kappa shape index (κ3) is 3.31. The lowest BCUT2D eigenvalue weighted by Gasteiger charge is -2.19. The van der Waals surface area contributed by atoms with Crippen molar-refractivity contribution in [2.45, 2.75) is 44.6 Å². The van der Waals surface area contributed by atoms with Gasteiger partial charge in [0, 0.05) is 23.8 Å². The molecular formula is C13H18BrF2NS. The number of halogens is 3. The Hall–Kier alpha value is -0.0000000000000000833. The van der Waals surface area contributed by atoms with Gasteiger partial charge in [-0.2, -0.15) is 0 Å². The molecule has 1 heterocycles. The van der Waals surface area contributed by atoms with Crippen LogP contribution in [0.1, 0.15) is 42.2 Å². The Morgan fingerprint density at radius 2 is 2.33 bits per heavy atom. The van der Waals surface area contributed by atoms with Crippen LogP contribution < -0.4 is 5.32 Å². The van der Waals surface area contributed by atoms with Crippen LogP contribution in [0.2, 0.25) is 0 Å². The van der Waals surface area contributed by atoms with Crippen LogP contribution in [0.15, 0.2) is 9.85 Å². The van der Waals surface area contributed by atoms with Crippen molar-refractivity contribution in [3.8, 4) is 0 Å². The summed E-state index contributed by atoms with van der Waals surface area (Å²) in [6, 6.07) is 2.34. The van der Waals surface area contributed by atoms with Gasteiger partial charge in [0.25, 0.3) is 0 Å². The van der Waals surface area contributed by atoms with Gasteiger partial charge < -0.3 is 5.32 Å². The predicted octanol–water partition coefficient (Wildman–Crippen LogP) is 4.91. The van der Waals surface area contributed by atoms with Crippen molar-refractivity contribution in [3.05, 3.63) is 20.3 Å². The molecule has 102 valence electrons. The lowest BCUT2D eigenvalue weighted by molar-refractivity contribution is 0.00435. The molecule has 1 N–H and O–H groups in total. The van der Waals surface area contributed by atoms with Crippen LogP contribution in [0.3, 0.4) is 0 Å². The third-order valence-electron chi connectivity index (χ3n) is 3.64. The number of alkyl halides is 2. The second-order valence-corrected chi connectivity index (χ2v) is 7.55. The molecular weight excluding hydrogens is 320 g/mol. The van der Waals surface area contributed by atoms with Gasteiger partial charge in [-0.1, -0.05) is 0 Å². The molecule has 0 amide bonds. The van der Waals surface area contributed by atoms with E-state index in [1.165, 1.54) is 10.4 Å². The van der Waals surface area contributed by atoms with Gasteiger partial charge in [0.05, 0.1) is 3.79 Å². The summed E-state index contributed by atoms with van der Waals surface area (Å²) < 4.78 is 27.5. The minimum atomic E-state index is -2.44. The van der Waals surface area contributed by atoms with Crippen LogP contribution in [0.25, 0.3) is 0 Å². The SMILES string of the molecule is CNC(CC1CCC(F)(F)C1)c1cc(C)c(Br)s1. The Morgan fingerprint density at radius 1 is 1.61 bits per heavy atom. The number of nitrogens with one attached hydrogen (secondary N) is 1. The van der Waals surface area contributed by atoms with Crippen molar-refractivity contribution >= 4 is 27.3 Å². The molecule has 1 saturated carbocycles. The molecule has 0 saturated heterocycles. The highest BCUT2D eigenvalue weighted by molar-refractivity contribution is 9.11. The second-order valence-electron chi connectivity index (χ2n) is 5.15. The highest BCUT2D eigenvalue weighted by Crippen LogP contribution is 2.43. The molecule has 1 fully saturated rings. The van der Waals surface area contributed by atoms with E-state index in [2.05, 4.69) is 34.2 Å². The number of hydrogen-bond donors (Lipinski definition) is 1. The first-order valence-corrected chi connectivity index (χ1v) is 7.83. The molecule has 1 aromatic heterocycles. The topological polar surface area (TPSA) is 12.0 Å². The first kappa shape index (κ1) is 14.4.